The van der Waals surface area contributed by atoms with Crippen LogP contribution in [0.3, 0.4) is 0 Å². The Labute approximate surface area is 184 Å². The summed E-state index contributed by atoms with van der Waals surface area (Å²) in [4.78, 5) is 8.67. The highest BCUT2D eigenvalue weighted by molar-refractivity contribution is 5.29. The highest BCUT2D eigenvalue weighted by Gasteiger charge is 2.18. The van der Waals surface area contributed by atoms with Crippen molar-refractivity contribution in [2.24, 2.45) is 0 Å². The van der Waals surface area contributed by atoms with E-state index < -0.39 is 6.10 Å². The molecule has 1 N–H and O–H groups in total. The van der Waals surface area contributed by atoms with Gasteiger partial charge in [0.1, 0.15) is 18.5 Å². The Morgan fingerprint density at radius 3 is 2.71 bits per heavy atom. The maximum Gasteiger partial charge on any atom is 0.119 e. The summed E-state index contributed by atoms with van der Waals surface area (Å²) in [5.74, 6) is 0.799. The molecule has 4 rings (SSSR count). The monoisotopic (exact) mass is 420 g/mol. The molecule has 0 saturated carbocycles. The van der Waals surface area contributed by atoms with Crippen LogP contribution in [0, 0.1) is 0 Å². The fourth-order valence-corrected chi connectivity index (χ4v) is 4.04. The molecule has 2 heterocycles. The van der Waals surface area contributed by atoms with E-state index in [1.54, 1.807) is 6.20 Å². The van der Waals surface area contributed by atoms with E-state index in [-0.39, 0.29) is 0 Å². The van der Waals surface area contributed by atoms with Gasteiger partial charge >= 0.3 is 0 Å². The molecular formula is C25H32N4O2. The van der Waals surface area contributed by atoms with E-state index in [9.17, 15) is 5.11 Å². The van der Waals surface area contributed by atoms with E-state index in [1.807, 2.05) is 24.7 Å². The largest absolute Gasteiger partial charge is 0.491 e. The van der Waals surface area contributed by atoms with Crippen LogP contribution in [0.4, 0.5) is 0 Å². The lowest BCUT2D eigenvalue weighted by atomic mass is 10.00. The maximum absolute atomic E-state index is 10.4. The van der Waals surface area contributed by atoms with Gasteiger partial charge in [0.15, 0.2) is 0 Å². The van der Waals surface area contributed by atoms with E-state index in [0.29, 0.717) is 13.2 Å². The van der Waals surface area contributed by atoms with E-state index >= 15 is 0 Å². The zero-order valence-electron chi connectivity index (χ0n) is 18.2. The lowest BCUT2D eigenvalue weighted by Gasteiger charge is -2.30. The van der Waals surface area contributed by atoms with E-state index in [1.165, 1.54) is 16.7 Å². The van der Waals surface area contributed by atoms with Gasteiger partial charge < -0.3 is 19.3 Å². The molecule has 0 amide bonds. The number of imidazole rings is 1. The quantitative estimate of drug-likeness (QED) is 0.547. The fraction of sp³-hybridized carbons (Fsp3) is 0.400. The van der Waals surface area contributed by atoms with Crippen LogP contribution in [-0.2, 0) is 26.1 Å². The van der Waals surface area contributed by atoms with Crippen molar-refractivity contribution in [3.05, 3.63) is 83.9 Å². The first-order valence-corrected chi connectivity index (χ1v) is 11.0. The summed E-state index contributed by atoms with van der Waals surface area (Å²) >= 11 is 0. The highest BCUT2D eigenvalue weighted by Crippen LogP contribution is 2.19. The number of nitrogens with zero attached hydrogens (tertiary/aromatic N) is 4. The summed E-state index contributed by atoms with van der Waals surface area (Å²) in [5.41, 5.74) is 4.04. The Kier molecular flexibility index (Phi) is 7.35. The molecule has 0 spiro atoms. The molecule has 1 atom stereocenters. The molecule has 0 saturated heterocycles. The first kappa shape index (κ1) is 21.6. The molecule has 0 bridgehead atoms. The molecule has 6 nitrogen and oxygen atoms in total. The number of hydrogen-bond acceptors (Lipinski definition) is 5. The van der Waals surface area contributed by atoms with Gasteiger partial charge in [0.25, 0.3) is 0 Å². The third kappa shape index (κ3) is 6.40. The number of rotatable bonds is 10. The number of ether oxygens (including phenoxy) is 1. The zero-order chi connectivity index (χ0) is 21.5. The van der Waals surface area contributed by atoms with Gasteiger partial charge in [-0.3, -0.25) is 4.90 Å². The molecule has 3 aromatic rings. The number of aliphatic hydroxyl groups excluding tert-OH is 1. The first-order chi connectivity index (χ1) is 15.2. The van der Waals surface area contributed by atoms with Crippen molar-refractivity contribution in [3.63, 3.8) is 0 Å². The zero-order valence-corrected chi connectivity index (χ0v) is 18.2. The van der Waals surface area contributed by atoms with Crippen LogP contribution in [0.2, 0.25) is 0 Å². The second-order valence-corrected chi connectivity index (χ2v) is 8.40. The number of β-amino-alcohol motifs (C(OH)–C–C–N with tert-alkyl or cyclic N) is 1. The molecular weight excluding hydrogens is 388 g/mol. The van der Waals surface area contributed by atoms with Crippen molar-refractivity contribution in [2.45, 2.75) is 32.2 Å². The van der Waals surface area contributed by atoms with Gasteiger partial charge in [-0.2, -0.15) is 0 Å². The minimum absolute atomic E-state index is 0.308. The minimum Gasteiger partial charge on any atom is -0.491 e. The second-order valence-electron chi connectivity index (χ2n) is 8.40. The summed E-state index contributed by atoms with van der Waals surface area (Å²) in [7, 11) is 2.12. The van der Waals surface area contributed by atoms with Crippen molar-refractivity contribution in [1.29, 1.82) is 0 Å². The van der Waals surface area contributed by atoms with Crippen LogP contribution < -0.4 is 4.74 Å². The fourth-order valence-electron chi connectivity index (χ4n) is 4.04. The standard InChI is InChI=1S/C25H32N4O2/c1-27(14-15-28-13-11-26-20-28)16-21-6-8-25(9-7-21)31-19-24(30)18-29-12-10-22-4-2-3-5-23(22)17-29/h2-9,11,13,20,24,30H,10,12,14-19H2,1H3. The van der Waals surface area contributed by atoms with Crippen LogP contribution >= 0.6 is 0 Å². The van der Waals surface area contributed by atoms with Crippen molar-refractivity contribution in [2.75, 3.05) is 33.3 Å². The van der Waals surface area contributed by atoms with Gasteiger partial charge in [0, 0.05) is 51.7 Å². The molecule has 6 heteroatoms. The highest BCUT2D eigenvalue weighted by atomic mass is 16.5. The Balaban J connectivity index is 1.18. The summed E-state index contributed by atoms with van der Waals surface area (Å²) < 4.78 is 7.92. The Bertz CT molecular complexity index is 927. The molecule has 0 radical (unpaired) electrons. The number of aromatic nitrogens is 2. The van der Waals surface area contributed by atoms with Crippen molar-refractivity contribution < 1.29 is 9.84 Å². The van der Waals surface area contributed by atoms with Crippen LogP contribution in [0.5, 0.6) is 5.75 Å². The van der Waals surface area contributed by atoms with Gasteiger partial charge in [0.05, 0.1) is 6.33 Å². The van der Waals surface area contributed by atoms with Gasteiger partial charge in [-0.05, 0) is 42.3 Å². The molecule has 1 aliphatic heterocycles. The van der Waals surface area contributed by atoms with Crippen LogP contribution in [0.15, 0.2) is 67.3 Å². The minimum atomic E-state index is -0.501. The molecule has 2 aromatic carbocycles. The molecule has 164 valence electrons. The van der Waals surface area contributed by atoms with Gasteiger partial charge in [-0.1, -0.05) is 36.4 Å². The van der Waals surface area contributed by atoms with Gasteiger partial charge in [-0.25, -0.2) is 4.98 Å². The third-order valence-electron chi connectivity index (χ3n) is 5.80. The topological polar surface area (TPSA) is 53.8 Å². The van der Waals surface area contributed by atoms with Crippen molar-refractivity contribution in [3.8, 4) is 5.75 Å². The smallest absolute Gasteiger partial charge is 0.119 e. The number of fused-ring (bicyclic) bond motifs is 1. The molecule has 1 aliphatic rings. The van der Waals surface area contributed by atoms with Crippen molar-refractivity contribution in [1.82, 2.24) is 19.4 Å². The molecule has 1 unspecified atom stereocenters. The average molecular weight is 421 g/mol. The average Bonchev–Trinajstić information content (AvgIpc) is 3.31. The van der Waals surface area contributed by atoms with E-state index in [2.05, 4.69) is 62.8 Å². The van der Waals surface area contributed by atoms with Crippen LogP contribution in [0.1, 0.15) is 16.7 Å². The predicted octanol–water partition coefficient (Wildman–Crippen LogP) is 2.81. The van der Waals surface area contributed by atoms with Crippen LogP contribution in [-0.4, -0.2) is 63.9 Å². The first-order valence-electron chi connectivity index (χ1n) is 11.0. The molecule has 31 heavy (non-hydrogen) atoms. The SMILES string of the molecule is CN(CCn1ccnc1)Cc1ccc(OCC(O)CN2CCc3ccccc3C2)cc1. The summed E-state index contributed by atoms with van der Waals surface area (Å²) in [6.45, 7) is 5.60. The predicted molar refractivity (Wildman–Crippen MR) is 122 cm³/mol. The molecule has 1 aromatic heterocycles. The van der Waals surface area contributed by atoms with Crippen LogP contribution in [0.25, 0.3) is 0 Å². The number of hydrogen-bond donors (Lipinski definition) is 1. The van der Waals surface area contributed by atoms with Gasteiger partial charge in [-0.15, -0.1) is 0 Å². The molecule has 0 fully saturated rings. The van der Waals surface area contributed by atoms with Crippen molar-refractivity contribution >= 4 is 0 Å². The Morgan fingerprint density at radius 2 is 1.94 bits per heavy atom. The number of likely N-dealkylation sites (N-methyl/N-ethyl adjacent to an activating group) is 1. The summed E-state index contributed by atoms with van der Waals surface area (Å²) in [6, 6.07) is 16.7. The Hall–Kier alpha value is -2.67. The number of benzene rings is 2. The lowest BCUT2D eigenvalue weighted by Crippen LogP contribution is -2.38. The molecule has 0 aliphatic carbocycles. The second kappa shape index (κ2) is 10.6. The van der Waals surface area contributed by atoms with Gasteiger partial charge in [0.2, 0.25) is 0 Å². The summed E-state index contributed by atoms with van der Waals surface area (Å²) in [6.07, 6.45) is 6.18. The maximum atomic E-state index is 10.4. The normalized spacial score (nSPS) is 15.1. The third-order valence-corrected chi connectivity index (χ3v) is 5.80. The number of aliphatic hydroxyl groups is 1. The lowest BCUT2D eigenvalue weighted by molar-refractivity contribution is 0.0638. The summed E-state index contributed by atoms with van der Waals surface area (Å²) in [5, 5.41) is 10.4. The Morgan fingerprint density at radius 1 is 1.13 bits per heavy atom. The van der Waals surface area contributed by atoms with E-state index in [0.717, 1.165) is 44.9 Å². The van der Waals surface area contributed by atoms with E-state index in [4.69, 9.17) is 4.74 Å².